The molecule has 0 saturated carbocycles. The van der Waals surface area contributed by atoms with E-state index in [0.717, 1.165) is 63.1 Å². The number of rotatable bonds is 10. The van der Waals surface area contributed by atoms with Crippen LogP contribution in [0.15, 0.2) is 73.3 Å². The number of allylic oxidation sites excluding steroid dienone is 1. The van der Waals surface area contributed by atoms with Gasteiger partial charge in [0.25, 0.3) is 0 Å². The predicted molar refractivity (Wildman–Crippen MR) is 145 cm³/mol. The molecule has 1 aliphatic heterocycles. The molecule has 3 heterocycles. The van der Waals surface area contributed by atoms with Crippen LogP contribution in [0.1, 0.15) is 23.6 Å². The van der Waals surface area contributed by atoms with E-state index in [-0.39, 0.29) is 0 Å². The van der Waals surface area contributed by atoms with Crippen LogP contribution in [0.3, 0.4) is 0 Å². The maximum Gasteiger partial charge on any atom is 0.0447 e. The highest BCUT2D eigenvalue weighted by Crippen LogP contribution is 2.30. The van der Waals surface area contributed by atoms with Gasteiger partial charge in [0.1, 0.15) is 0 Å². The molecule has 35 heavy (non-hydrogen) atoms. The fourth-order valence-corrected chi connectivity index (χ4v) is 4.83. The lowest BCUT2D eigenvalue weighted by molar-refractivity contribution is 0.145. The summed E-state index contributed by atoms with van der Waals surface area (Å²) in [5.41, 5.74) is 6.12. The molecule has 3 aromatic rings. The van der Waals surface area contributed by atoms with Crippen LogP contribution in [0.2, 0.25) is 5.02 Å². The van der Waals surface area contributed by atoms with Gasteiger partial charge in [0, 0.05) is 106 Å². The Morgan fingerprint density at radius 2 is 1.54 bits per heavy atom. The molecule has 0 aliphatic carbocycles. The van der Waals surface area contributed by atoms with Gasteiger partial charge < -0.3 is 10.2 Å². The first-order valence-corrected chi connectivity index (χ1v) is 12.7. The average Bonchev–Trinajstić information content (AvgIpc) is 2.90. The molecular weight excluding hydrogens is 456 g/mol. The summed E-state index contributed by atoms with van der Waals surface area (Å²) in [5.74, 6) is 0. The molecule has 184 valence electrons. The van der Waals surface area contributed by atoms with Crippen LogP contribution in [0, 0.1) is 0 Å². The molecule has 1 aromatic carbocycles. The summed E-state index contributed by atoms with van der Waals surface area (Å²) in [6, 6.07) is 14.5. The molecule has 1 N–H and O–H groups in total. The van der Waals surface area contributed by atoms with Gasteiger partial charge >= 0.3 is 0 Å². The van der Waals surface area contributed by atoms with E-state index in [2.05, 4.69) is 73.3 Å². The van der Waals surface area contributed by atoms with Crippen LogP contribution < -0.4 is 5.32 Å². The third kappa shape index (κ3) is 7.04. The summed E-state index contributed by atoms with van der Waals surface area (Å²) in [6.45, 7) is 10.1. The Balaban J connectivity index is 1.35. The number of hydrogen-bond acceptors (Lipinski definition) is 6. The molecular formula is C28H35ClN6. The smallest absolute Gasteiger partial charge is 0.0447 e. The van der Waals surface area contributed by atoms with Crippen LogP contribution in [0.5, 0.6) is 0 Å². The molecule has 1 saturated heterocycles. The molecule has 1 fully saturated rings. The zero-order valence-electron chi connectivity index (χ0n) is 20.7. The largest absolute Gasteiger partial charge is 0.388 e. The molecule has 1 aliphatic rings. The van der Waals surface area contributed by atoms with Crippen molar-refractivity contribution in [2.45, 2.75) is 20.0 Å². The van der Waals surface area contributed by atoms with Crippen LogP contribution in [-0.2, 0) is 13.1 Å². The Hall–Kier alpha value is -2.93. The van der Waals surface area contributed by atoms with Gasteiger partial charge in [-0.2, -0.15) is 0 Å². The third-order valence-corrected chi connectivity index (χ3v) is 6.79. The summed E-state index contributed by atoms with van der Waals surface area (Å²) in [7, 11) is 1.95. The molecule has 2 aromatic heterocycles. The van der Waals surface area contributed by atoms with E-state index in [1.165, 1.54) is 22.4 Å². The van der Waals surface area contributed by atoms with Crippen molar-refractivity contribution in [2.24, 2.45) is 0 Å². The van der Waals surface area contributed by atoms with E-state index in [0.29, 0.717) is 0 Å². The van der Waals surface area contributed by atoms with E-state index < -0.39 is 0 Å². The van der Waals surface area contributed by atoms with Crippen molar-refractivity contribution in [1.82, 2.24) is 24.7 Å². The van der Waals surface area contributed by atoms with Gasteiger partial charge in [-0.25, -0.2) is 0 Å². The predicted octanol–water partition coefficient (Wildman–Crippen LogP) is 4.85. The van der Waals surface area contributed by atoms with Crippen molar-refractivity contribution in [3.8, 4) is 0 Å². The maximum atomic E-state index is 6.22. The van der Waals surface area contributed by atoms with Gasteiger partial charge in [0.15, 0.2) is 0 Å². The van der Waals surface area contributed by atoms with E-state index in [1.807, 2.05) is 44.0 Å². The van der Waals surface area contributed by atoms with Crippen LogP contribution in [0.25, 0.3) is 5.70 Å². The standard InChI is InChI=1S/C28H35ClN6/c1-3-28(26-5-4-25(29)20-27(26)30-2)35-18-16-33(17-19-35)14-15-34(21-23-6-10-31-11-7-23)22-24-8-12-32-13-9-24/h3-13,20,30H,14-19,21-22H2,1-2H3/b28-3+. The Kier molecular flexibility index (Phi) is 9.12. The lowest BCUT2D eigenvalue weighted by Crippen LogP contribution is -2.47. The first-order chi connectivity index (χ1) is 17.2. The Morgan fingerprint density at radius 1 is 0.943 bits per heavy atom. The number of halogens is 1. The van der Waals surface area contributed by atoms with Gasteiger partial charge in [0.05, 0.1) is 0 Å². The molecule has 4 rings (SSSR count). The highest BCUT2D eigenvalue weighted by Gasteiger charge is 2.21. The number of hydrogen-bond donors (Lipinski definition) is 1. The SMILES string of the molecule is C/C=C(\c1ccc(Cl)cc1NC)N1CCN(CCN(Cc2ccncc2)Cc2ccncc2)CC1. The van der Waals surface area contributed by atoms with Crippen molar-refractivity contribution in [3.63, 3.8) is 0 Å². The van der Waals surface area contributed by atoms with Crippen molar-refractivity contribution in [1.29, 1.82) is 0 Å². The topological polar surface area (TPSA) is 47.5 Å². The Bertz CT molecular complexity index is 1040. The number of nitrogens with one attached hydrogen (secondary N) is 1. The van der Waals surface area contributed by atoms with Crippen molar-refractivity contribution < 1.29 is 0 Å². The number of nitrogens with zero attached hydrogens (tertiary/aromatic N) is 5. The first kappa shape index (κ1) is 25.2. The Labute approximate surface area is 214 Å². The van der Waals surface area contributed by atoms with E-state index in [1.54, 1.807) is 0 Å². The normalized spacial score (nSPS) is 15.0. The molecule has 0 bridgehead atoms. The number of pyridine rings is 2. The van der Waals surface area contributed by atoms with Crippen molar-refractivity contribution in [3.05, 3.63) is 95.0 Å². The fourth-order valence-electron chi connectivity index (χ4n) is 4.66. The third-order valence-electron chi connectivity index (χ3n) is 6.56. The van der Waals surface area contributed by atoms with Crippen LogP contribution >= 0.6 is 11.6 Å². The minimum absolute atomic E-state index is 0.751. The molecule has 0 atom stereocenters. The van der Waals surface area contributed by atoms with Gasteiger partial charge in [-0.1, -0.05) is 17.7 Å². The number of anilines is 1. The first-order valence-electron chi connectivity index (χ1n) is 12.3. The summed E-state index contributed by atoms with van der Waals surface area (Å²) < 4.78 is 0. The number of piperazine rings is 1. The maximum absolute atomic E-state index is 6.22. The van der Waals surface area contributed by atoms with E-state index >= 15 is 0 Å². The van der Waals surface area contributed by atoms with Gasteiger partial charge in [0.2, 0.25) is 0 Å². The second kappa shape index (κ2) is 12.7. The van der Waals surface area contributed by atoms with Crippen LogP contribution in [0.4, 0.5) is 5.69 Å². The summed E-state index contributed by atoms with van der Waals surface area (Å²) >= 11 is 6.22. The molecule has 0 unspecified atom stereocenters. The summed E-state index contributed by atoms with van der Waals surface area (Å²) in [6.07, 6.45) is 9.71. The second-order valence-electron chi connectivity index (χ2n) is 8.86. The van der Waals surface area contributed by atoms with Crippen LogP contribution in [-0.4, -0.2) is 71.0 Å². The lowest BCUT2D eigenvalue weighted by Gasteiger charge is -2.38. The molecule has 0 radical (unpaired) electrons. The lowest BCUT2D eigenvalue weighted by atomic mass is 10.1. The molecule has 6 nitrogen and oxygen atoms in total. The number of benzene rings is 1. The zero-order chi connectivity index (χ0) is 24.5. The van der Waals surface area contributed by atoms with Gasteiger partial charge in [-0.3, -0.25) is 19.8 Å². The monoisotopic (exact) mass is 490 g/mol. The molecule has 0 amide bonds. The highest BCUT2D eigenvalue weighted by molar-refractivity contribution is 6.31. The van der Waals surface area contributed by atoms with E-state index in [4.69, 9.17) is 11.6 Å². The highest BCUT2D eigenvalue weighted by atomic mass is 35.5. The van der Waals surface area contributed by atoms with Gasteiger partial charge in [-0.15, -0.1) is 0 Å². The van der Waals surface area contributed by atoms with Gasteiger partial charge in [-0.05, 0) is 60.5 Å². The Morgan fingerprint density at radius 3 is 2.09 bits per heavy atom. The minimum Gasteiger partial charge on any atom is -0.388 e. The summed E-state index contributed by atoms with van der Waals surface area (Å²) in [4.78, 5) is 15.9. The molecule has 7 heteroatoms. The number of aromatic nitrogens is 2. The van der Waals surface area contributed by atoms with Crippen molar-refractivity contribution in [2.75, 3.05) is 51.6 Å². The average molecular weight is 491 g/mol. The zero-order valence-corrected chi connectivity index (χ0v) is 21.5. The minimum atomic E-state index is 0.751. The van der Waals surface area contributed by atoms with E-state index in [9.17, 15) is 0 Å². The second-order valence-corrected chi connectivity index (χ2v) is 9.30. The van der Waals surface area contributed by atoms with Crippen molar-refractivity contribution >= 4 is 23.0 Å². The summed E-state index contributed by atoms with van der Waals surface area (Å²) in [5, 5.41) is 4.05. The fraction of sp³-hybridized carbons (Fsp3) is 0.357. The quantitative estimate of drug-likeness (QED) is 0.438. The molecule has 0 spiro atoms.